The molecule has 2 N–H and O–H groups in total. The van der Waals surface area contributed by atoms with Gasteiger partial charge in [0.05, 0.1) is 0 Å². The monoisotopic (exact) mass is 273 g/mol. The molecule has 1 fully saturated rings. The molecule has 2 aromatic heterocycles. The second-order valence-corrected chi connectivity index (χ2v) is 5.14. The Bertz CT molecular complexity index is 566. The van der Waals surface area contributed by atoms with Crippen LogP contribution in [0.15, 0.2) is 18.7 Å². The Morgan fingerprint density at radius 1 is 1.25 bits per heavy atom. The van der Waals surface area contributed by atoms with Gasteiger partial charge in [-0.25, -0.2) is 4.98 Å². The molecule has 20 heavy (non-hydrogen) atoms. The molecule has 2 atom stereocenters. The summed E-state index contributed by atoms with van der Waals surface area (Å²) in [4.78, 5) is 17.2. The highest BCUT2D eigenvalue weighted by Crippen LogP contribution is 2.37. The maximum Gasteiger partial charge on any atom is 0.241 e. The van der Waals surface area contributed by atoms with E-state index in [4.69, 9.17) is 0 Å². The number of nitrogens with one attached hydrogen (secondary N) is 2. The van der Waals surface area contributed by atoms with Crippen molar-refractivity contribution in [3.63, 3.8) is 0 Å². The van der Waals surface area contributed by atoms with Gasteiger partial charge in [-0.2, -0.15) is 15.0 Å². The Balaban J connectivity index is 1.80. The van der Waals surface area contributed by atoms with E-state index < -0.39 is 0 Å². The van der Waals surface area contributed by atoms with E-state index in [0.29, 0.717) is 17.8 Å². The van der Waals surface area contributed by atoms with Crippen LogP contribution in [0.25, 0.3) is 5.95 Å². The highest BCUT2D eigenvalue weighted by molar-refractivity contribution is 5.38. The molecule has 0 aliphatic heterocycles. The third-order valence-corrected chi connectivity index (χ3v) is 3.49. The molecule has 2 unspecified atom stereocenters. The maximum absolute atomic E-state index is 4.43. The molecule has 0 spiro atoms. The number of aromatic nitrogens is 5. The summed E-state index contributed by atoms with van der Waals surface area (Å²) in [6.45, 7) is 5.97. The summed E-state index contributed by atoms with van der Waals surface area (Å²) in [5, 5.41) is 6.43. The third kappa shape index (κ3) is 2.87. The molecule has 2 heterocycles. The second-order valence-electron chi connectivity index (χ2n) is 5.14. The Kier molecular flexibility index (Phi) is 3.49. The summed E-state index contributed by atoms with van der Waals surface area (Å²) in [5.41, 5.74) is 0. The number of nitrogens with zero attached hydrogens (tertiary/aromatic N) is 5. The van der Waals surface area contributed by atoms with Crippen LogP contribution < -0.4 is 10.6 Å². The lowest BCUT2D eigenvalue weighted by Gasteiger charge is -2.09. The van der Waals surface area contributed by atoms with Crippen LogP contribution in [0.2, 0.25) is 0 Å². The SMILES string of the molecule is CCNc1nc(NCC2CC2C)nc(-n2ccnc2)n1. The van der Waals surface area contributed by atoms with Gasteiger partial charge in [-0.1, -0.05) is 6.92 Å². The van der Waals surface area contributed by atoms with E-state index in [0.717, 1.165) is 24.9 Å². The first-order valence-corrected chi connectivity index (χ1v) is 6.98. The molecule has 3 rings (SSSR count). The van der Waals surface area contributed by atoms with Crippen molar-refractivity contribution in [1.82, 2.24) is 24.5 Å². The molecular weight excluding hydrogens is 254 g/mol. The standard InChI is InChI=1S/C13H19N7/c1-3-15-11-17-12(16-7-10-6-9(10)2)19-13(18-11)20-5-4-14-8-20/h4-5,8-10H,3,6-7H2,1-2H3,(H2,15,16,17,18,19). The van der Waals surface area contributed by atoms with Gasteiger partial charge >= 0.3 is 0 Å². The van der Waals surface area contributed by atoms with Crippen LogP contribution in [-0.2, 0) is 0 Å². The zero-order chi connectivity index (χ0) is 13.9. The van der Waals surface area contributed by atoms with Gasteiger partial charge in [-0.05, 0) is 25.2 Å². The molecule has 106 valence electrons. The lowest BCUT2D eigenvalue weighted by molar-refractivity contribution is 0.776. The average Bonchev–Trinajstić information content (AvgIpc) is 2.93. The topological polar surface area (TPSA) is 80.5 Å². The average molecular weight is 273 g/mol. The summed E-state index contributed by atoms with van der Waals surface area (Å²) in [6, 6.07) is 0. The molecule has 7 nitrogen and oxygen atoms in total. The number of imidazole rings is 1. The second kappa shape index (κ2) is 5.44. The molecule has 0 saturated heterocycles. The molecule has 0 bridgehead atoms. The van der Waals surface area contributed by atoms with Gasteiger partial charge < -0.3 is 10.6 Å². The van der Waals surface area contributed by atoms with E-state index in [-0.39, 0.29) is 0 Å². The summed E-state index contributed by atoms with van der Waals surface area (Å²) in [6.07, 6.45) is 6.48. The van der Waals surface area contributed by atoms with Crippen LogP contribution in [0.1, 0.15) is 20.3 Å². The fourth-order valence-electron chi connectivity index (χ4n) is 2.08. The van der Waals surface area contributed by atoms with Gasteiger partial charge in [0.2, 0.25) is 17.8 Å². The molecule has 0 radical (unpaired) electrons. The van der Waals surface area contributed by atoms with E-state index in [1.165, 1.54) is 6.42 Å². The van der Waals surface area contributed by atoms with Gasteiger partial charge in [-0.3, -0.25) is 4.57 Å². The van der Waals surface area contributed by atoms with Crippen LogP contribution in [0.4, 0.5) is 11.9 Å². The van der Waals surface area contributed by atoms with E-state index in [1.54, 1.807) is 17.1 Å². The molecule has 7 heteroatoms. The predicted octanol–water partition coefficient (Wildman–Crippen LogP) is 1.56. The minimum Gasteiger partial charge on any atom is -0.354 e. The van der Waals surface area contributed by atoms with Crippen LogP contribution in [0.5, 0.6) is 0 Å². The van der Waals surface area contributed by atoms with Crippen LogP contribution >= 0.6 is 0 Å². The first kappa shape index (κ1) is 12.8. The van der Waals surface area contributed by atoms with Crippen molar-refractivity contribution in [2.45, 2.75) is 20.3 Å². The van der Waals surface area contributed by atoms with Crippen molar-refractivity contribution in [2.75, 3.05) is 23.7 Å². The highest BCUT2D eigenvalue weighted by atomic mass is 15.3. The van der Waals surface area contributed by atoms with Crippen molar-refractivity contribution >= 4 is 11.9 Å². The van der Waals surface area contributed by atoms with Crippen molar-refractivity contribution in [1.29, 1.82) is 0 Å². The zero-order valence-electron chi connectivity index (χ0n) is 11.7. The lowest BCUT2D eigenvalue weighted by Crippen LogP contribution is -2.13. The number of hydrogen-bond donors (Lipinski definition) is 2. The largest absolute Gasteiger partial charge is 0.354 e. The van der Waals surface area contributed by atoms with Crippen molar-refractivity contribution in [3.8, 4) is 5.95 Å². The summed E-state index contributed by atoms with van der Waals surface area (Å²) < 4.78 is 1.77. The van der Waals surface area contributed by atoms with Crippen molar-refractivity contribution in [3.05, 3.63) is 18.7 Å². The lowest BCUT2D eigenvalue weighted by atomic mass is 10.3. The van der Waals surface area contributed by atoms with E-state index in [2.05, 4.69) is 37.5 Å². The summed E-state index contributed by atoms with van der Waals surface area (Å²) >= 11 is 0. The number of hydrogen-bond acceptors (Lipinski definition) is 6. The molecule has 0 aromatic carbocycles. The van der Waals surface area contributed by atoms with Gasteiger partial charge in [0.1, 0.15) is 6.33 Å². The highest BCUT2D eigenvalue weighted by Gasteiger charge is 2.32. The molecule has 1 aliphatic carbocycles. The van der Waals surface area contributed by atoms with Crippen molar-refractivity contribution < 1.29 is 0 Å². The maximum atomic E-state index is 4.43. The van der Waals surface area contributed by atoms with Crippen LogP contribution in [0.3, 0.4) is 0 Å². The fraction of sp³-hybridized carbons (Fsp3) is 0.538. The van der Waals surface area contributed by atoms with Gasteiger partial charge in [0, 0.05) is 25.5 Å². The molecular formula is C13H19N7. The van der Waals surface area contributed by atoms with Crippen LogP contribution in [-0.4, -0.2) is 37.6 Å². The molecule has 0 amide bonds. The molecule has 2 aromatic rings. The van der Waals surface area contributed by atoms with E-state index >= 15 is 0 Å². The first-order chi connectivity index (χ1) is 9.76. The quantitative estimate of drug-likeness (QED) is 0.831. The Labute approximate surface area is 117 Å². The van der Waals surface area contributed by atoms with Gasteiger partial charge in [-0.15, -0.1) is 0 Å². The normalized spacial score (nSPS) is 20.7. The Morgan fingerprint density at radius 3 is 2.60 bits per heavy atom. The van der Waals surface area contributed by atoms with Gasteiger partial charge in [0.25, 0.3) is 0 Å². The van der Waals surface area contributed by atoms with Gasteiger partial charge in [0.15, 0.2) is 0 Å². The molecule has 1 aliphatic rings. The Hall–Kier alpha value is -2.18. The first-order valence-electron chi connectivity index (χ1n) is 6.98. The van der Waals surface area contributed by atoms with Crippen LogP contribution in [0, 0.1) is 11.8 Å². The number of rotatable bonds is 6. The zero-order valence-corrected chi connectivity index (χ0v) is 11.7. The van der Waals surface area contributed by atoms with Crippen molar-refractivity contribution in [2.24, 2.45) is 11.8 Å². The molecule has 1 saturated carbocycles. The van der Waals surface area contributed by atoms with E-state index in [1.807, 2.05) is 13.1 Å². The minimum atomic E-state index is 0.569. The predicted molar refractivity (Wildman–Crippen MR) is 76.9 cm³/mol. The smallest absolute Gasteiger partial charge is 0.241 e. The number of anilines is 2. The fourth-order valence-corrected chi connectivity index (χ4v) is 2.08. The summed E-state index contributed by atoms with van der Waals surface area (Å²) in [7, 11) is 0. The van der Waals surface area contributed by atoms with E-state index in [9.17, 15) is 0 Å². The minimum absolute atomic E-state index is 0.569. The third-order valence-electron chi connectivity index (χ3n) is 3.49. The Morgan fingerprint density at radius 2 is 2.00 bits per heavy atom. The summed E-state index contributed by atoms with van der Waals surface area (Å²) in [5.74, 6) is 3.31.